The van der Waals surface area contributed by atoms with E-state index in [0.29, 0.717) is 12.2 Å². The second kappa shape index (κ2) is 4.20. The van der Waals surface area contributed by atoms with Gasteiger partial charge in [-0.25, -0.2) is 4.98 Å². The zero-order valence-corrected chi connectivity index (χ0v) is 12.2. The van der Waals surface area contributed by atoms with E-state index < -0.39 is 0 Å². The Labute approximate surface area is 111 Å². The van der Waals surface area contributed by atoms with Gasteiger partial charge in [0.05, 0.1) is 0 Å². The van der Waals surface area contributed by atoms with E-state index in [1.165, 1.54) is 0 Å². The predicted molar refractivity (Wildman–Crippen MR) is 71.9 cm³/mol. The van der Waals surface area contributed by atoms with Gasteiger partial charge in [-0.15, -0.1) is 0 Å². The minimum absolute atomic E-state index is 0.0151. The van der Waals surface area contributed by atoms with Crippen LogP contribution in [0.2, 0.25) is 0 Å². The molecule has 0 N–H and O–H groups in total. The zero-order chi connectivity index (χ0) is 12.7. The van der Waals surface area contributed by atoms with Crippen LogP contribution in [0, 0.1) is 5.41 Å². The number of halogens is 1. The topological polar surface area (TPSA) is 30.0 Å². The third kappa shape index (κ3) is 2.44. The molecule has 0 aliphatic heterocycles. The van der Waals surface area contributed by atoms with Crippen molar-refractivity contribution in [1.82, 2.24) is 4.98 Å². The van der Waals surface area contributed by atoms with Crippen LogP contribution in [-0.4, -0.2) is 10.8 Å². The maximum Gasteiger partial charge on any atom is 0.138 e. The van der Waals surface area contributed by atoms with E-state index in [4.69, 9.17) is 0 Å². The number of hydrogen-bond acceptors (Lipinski definition) is 2. The molecule has 2 nitrogen and oxygen atoms in total. The van der Waals surface area contributed by atoms with Gasteiger partial charge in [-0.1, -0.05) is 26.8 Å². The van der Waals surface area contributed by atoms with Gasteiger partial charge in [-0.3, -0.25) is 4.79 Å². The Balaban J connectivity index is 2.35. The van der Waals surface area contributed by atoms with Crippen LogP contribution in [0.15, 0.2) is 22.8 Å². The third-order valence-electron chi connectivity index (χ3n) is 3.82. The minimum atomic E-state index is -0.225. The van der Waals surface area contributed by atoms with Crippen LogP contribution >= 0.6 is 15.9 Å². The Hall–Kier alpha value is -0.700. The van der Waals surface area contributed by atoms with Crippen LogP contribution < -0.4 is 0 Å². The predicted octanol–water partition coefficient (Wildman–Crippen LogP) is 3.88. The van der Waals surface area contributed by atoms with Crippen LogP contribution in [0.5, 0.6) is 0 Å². The summed E-state index contributed by atoms with van der Waals surface area (Å²) in [7, 11) is 0. The molecule has 1 aromatic rings. The van der Waals surface area contributed by atoms with Gasteiger partial charge in [-0.2, -0.15) is 0 Å². The SMILES string of the molecule is CC1(C)CC(C)(c2cccc(Br)n2)CCC1=O. The maximum atomic E-state index is 11.9. The summed E-state index contributed by atoms with van der Waals surface area (Å²) in [6.45, 7) is 6.31. The van der Waals surface area contributed by atoms with Crippen molar-refractivity contribution in [2.75, 3.05) is 0 Å². The van der Waals surface area contributed by atoms with Crippen molar-refractivity contribution in [2.45, 2.75) is 45.4 Å². The first-order valence-electron chi connectivity index (χ1n) is 6.00. The highest BCUT2D eigenvalue weighted by atomic mass is 79.9. The molecule has 92 valence electrons. The molecule has 1 atom stereocenters. The van der Waals surface area contributed by atoms with Crippen molar-refractivity contribution >= 4 is 21.7 Å². The van der Waals surface area contributed by atoms with E-state index in [-0.39, 0.29) is 10.8 Å². The van der Waals surface area contributed by atoms with E-state index in [1.54, 1.807) is 0 Å². The molecule has 0 aromatic carbocycles. The van der Waals surface area contributed by atoms with Crippen LogP contribution in [0.1, 0.15) is 45.7 Å². The van der Waals surface area contributed by atoms with Crippen molar-refractivity contribution in [3.05, 3.63) is 28.5 Å². The molecule has 0 bridgehead atoms. The van der Waals surface area contributed by atoms with Gasteiger partial charge in [0.1, 0.15) is 10.4 Å². The lowest BCUT2D eigenvalue weighted by Crippen LogP contribution is -2.40. The summed E-state index contributed by atoms with van der Waals surface area (Å²) in [5.74, 6) is 0.380. The second-order valence-corrected chi connectivity index (χ2v) is 6.70. The van der Waals surface area contributed by atoms with Gasteiger partial charge < -0.3 is 0 Å². The summed E-state index contributed by atoms with van der Waals surface area (Å²) >= 11 is 3.42. The van der Waals surface area contributed by atoms with E-state index in [1.807, 2.05) is 26.0 Å². The standard InChI is InChI=1S/C14H18BrNO/c1-13(2)9-14(3,8-7-11(13)17)10-5-4-6-12(15)16-10/h4-6H,7-9H2,1-3H3. The van der Waals surface area contributed by atoms with Gasteiger partial charge in [0.15, 0.2) is 0 Å². The summed E-state index contributed by atoms with van der Waals surface area (Å²) in [4.78, 5) is 16.4. The lowest BCUT2D eigenvalue weighted by molar-refractivity contribution is -0.131. The Kier molecular flexibility index (Phi) is 3.15. The molecule has 1 fully saturated rings. The molecule has 0 spiro atoms. The molecule has 0 radical (unpaired) electrons. The summed E-state index contributed by atoms with van der Waals surface area (Å²) in [5, 5.41) is 0. The Morgan fingerprint density at radius 2 is 2.00 bits per heavy atom. The van der Waals surface area contributed by atoms with Gasteiger partial charge in [0, 0.05) is 22.9 Å². The van der Waals surface area contributed by atoms with Gasteiger partial charge in [0.2, 0.25) is 0 Å². The molecule has 1 aliphatic carbocycles. The summed E-state index contributed by atoms with van der Waals surface area (Å²) < 4.78 is 0.867. The maximum absolute atomic E-state index is 11.9. The van der Waals surface area contributed by atoms with Crippen LogP contribution in [0.3, 0.4) is 0 Å². The molecular formula is C14H18BrNO. The fraction of sp³-hybridized carbons (Fsp3) is 0.571. The van der Waals surface area contributed by atoms with E-state index >= 15 is 0 Å². The average molecular weight is 296 g/mol. The molecule has 1 heterocycles. The lowest BCUT2D eigenvalue weighted by Gasteiger charge is -2.41. The molecular weight excluding hydrogens is 278 g/mol. The highest BCUT2D eigenvalue weighted by Gasteiger charge is 2.43. The number of carbonyl (C=O) groups excluding carboxylic acids is 1. The van der Waals surface area contributed by atoms with Crippen LogP contribution in [0.4, 0.5) is 0 Å². The van der Waals surface area contributed by atoms with Crippen molar-refractivity contribution in [3.63, 3.8) is 0 Å². The van der Waals surface area contributed by atoms with Crippen LogP contribution in [0.25, 0.3) is 0 Å². The van der Waals surface area contributed by atoms with E-state index in [2.05, 4.69) is 33.9 Å². The summed E-state index contributed by atoms with van der Waals surface area (Å²) in [5.41, 5.74) is 0.880. The second-order valence-electron chi connectivity index (χ2n) is 5.89. The monoisotopic (exact) mass is 295 g/mol. The fourth-order valence-electron chi connectivity index (χ4n) is 2.85. The number of hydrogen-bond donors (Lipinski definition) is 0. The van der Waals surface area contributed by atoms with Gasteiger partial charge in [-0.05, 0) is 40.9 Å². The number of aromatic nitrogens is 1. The molecule has 0 saturated heterocycles. The quantitative estimate of drug-likeness (QED) is 0.736. The first kappa shape index (κ1) is 12.7. The smallest absolute Gasteiger partial charge is 0.138 e. The number of nitrogens with zero attached hydrogens (tertiary/aromatic N) is 1. The van der Waals surface area contributed by atoms with E-state index in [9.17, 15) is 4.79 Å². The highest BCUT2D eigenvalue weighted by molar-refractivity contribution is 9.10. The number of ketones is 1. The summed E-state index contributed by atoms with van der Waals surface area (Å²) in [6.07, 6.45) is 2.44. The normalized spacial score (nSPS) is 28.1. The molecule has 1 aromatic heterocycles. The van der Waals surface area contributed by atoms with Gasteiger partial charge in [0.25, 0.3) is 0 Å². The molecule has 1 unspecified atom stereocenters. The average Bonchev–Trinajstić information content (AvgIpc) is 2.24. The highest BCUT2D eigenvalue weighted by Crippen LogP contribution is 2.45. The largest absolute Gasteiger partial charge is 0.299 e. The lowest BCUT2D eigenvalue weighted by atomic mass is 9.62. The first-order chi connectivity index (χ1) is 7.83. The molecule has 2 rings (SSSR count). The molecule has 1 saturated carbocycles. The number of Topliss-reactive ketones (excluding diaryl/α,β-unsaturated/α-hetero) is 1. The molecule has 0 amide bonds. The Morgan fingerprint density at radius 1 is 1.29 bits per heavy atom. The number of rotatable bonds is 1. The molecule has 17 heavy (non-hydrogen) atoms. The van der Waals surface area contributed by atoms with Crippen molar-refractivity contribution < 1.29 is 4.79 Å². The number of carbonyl (C=O) groups is 1. The Morgan fingerprint density at radius 3 is 2.59 bits per heavy atom. The minimum Gasteiger partial charge on any atom is -0.299 e. The van der Waals surface area contributed by atoms with Gasteiger partial charge >= 0.3 is 0 Å². The van der Waals surface area contributed by atoms with Crippen LogP contribution in [-0.2, 0) is 10.2 Å². The zero-order valence-electron chi connectivity index (χ0n) is 10.6. The molecule has 3 heteroatoms. The van der Waals surface area contributed by atoms with E-state index in [0.717, 1.165) is 23.1 Å². The third-order valence-corrected chi connectivity index (χ3v) is 4.27. The fourth-order valence-corrected chi connectivity index (χ4v) is 3.20. The van der Waals surface area contributed by atoms with Crippen molar-refractivity contribution in [3.8, 4) is 0 Å². The Bertz CT molecular complexity index is 455. The molecule has 1 aliphatic rings. The first-order valence-corrected chi connectivity index (χ1v) is 6.79. The van der Waals surface area contributed by atoms with Crippen molar-refractivity contribution in [2.24, 2.45) is 5.41 Å². The van der Waals surface area contributed by atoms with Crippen molar-refractivity contribution in [1.29, 1.82) is 0 Å². The number of pyridine rings is 1. The summed E-state index contributed by atoms with van der Waals surface area (Å²) in [6, 6.07) is 6.02.